The van der Waals surface area contributed by atoms with Gasteiger partial charge in [0.2, 0.25) is 5.91 Å². The number of hydrogen-bond donors (Lipinski definition) is 1. The first-order chi connectivity index (χ1) is 6.60. The molecule has 0 unspecified atom stereocenters. The van der Waals surface area contributed by atoms with Crippen LogP contribution in [0.4, 0.5) is 0 Å². The Morgan fingerprint density at radius 3 is 2.43 bits per heavy atom. The van der Waals surface area contributed by atoms with Crippen LogP contribution in [-0.4, -0.2) is 12.1 Å². The molecule has 0 aromatic heterocycles. The van der Waals surface area contributed by atoms with Gasteiger partial charge in [-0.25, -0.2) is 0 Å². The van der Waals surface area contributed by atoms with Gasteiger partial charge in [0.15, 0.2) is 6.23 Å². The zero-order valence-corrected chi connectivity index (χ0v) is 8.28. The summed E-state index contributed by atoms with van der Waals surface area (Å²) < 4.78 is 5.60. The number of hydrogen-bond acceptors (Lipinski definition) is 2. The van der Waals surface area contributed by atoms with Crippen LogP contribution in [0.25, 0.3) is 0 Å². The van der Waals surface area contributed by atoms with Crippen LogP contribution >= 0.6 is 0 Å². The van der Waals surface area contributed by atoms with Crippen molar-refractivity contribution in [2.45, 2.75) is 20.1 Å². The maximum Gasteiger partial charge on any atom is 0.234 e. The molecule has 1 aliphatic rings. The summed E-state index contributed by atoms with van der Waals surface area (Å²) in [5.74, 6) is 0.823. The Bertz CT molecular complexity index is 346. The van der Waals surface area contributed by atoms with Gasteiger partial charge in [0, 0.05) is 0 Å². The zero-order chi connectivity index (χ0) is 10.2. The van der Waals surface area contributed by atoms with Crippen molar-refractivity contribution in [3.05, 3.63) is 30.3 Å². The first kappa shape index (κ1) is 9.06. The Labute approximate surface area is 83.1 Å². The highest BCUT2D eigenvalue weighted by atomic mass is 16.5. The molecule has 3 heteroatoms. The van der Waals surface area contributed by atoms with Crippen molar-refractivity contribution in [1.29, 1.82) is 0 Å². The molecule has 14 heavy (non-hydrogen) atoms. The first-order valence-electron chi connectivity index (χ1n) is 4.63. The fraction of sp³-hybridized carbons (Fsp3) is 0.364. The summed E-state index contributed by atoms with van der Waals surface area (Å²) in [6, 6.07) is 9.49. The molecule has 1 aliphatic heterocycles. The van der Waals surface area contributed by atoms with Crippen molar-refractivity contribution in [1.82, 2.24) is 5.32 Å². The van der Waals surface area contributed by atoms with Crippen molar-refractivity contribution in [3.63, 3.8) is 0 Å². The Morgan fingerprint density at radius 1 is 1.29 bits per heavy atom. The molecule has 1 atom stereocenters. The van der Waals surface area contributed by atoms with Gasteiger partial charge >= 0.3 is 0 Å². The summed E-state index contributed by atoms with van der Waals surface area (Å²) in [4.78, 5) is 11.2. The fourth-order valence-electron chi connectivity index (χ4n) is 1.34. The standard InChI is InChI=1S/C11H13NO2/c1-11(2)9(13)12-10(11)14-8-6-4-3-5-7-8/h3-7,10H,1-2H3,(H,12,13)/t10-/m0/s1. The molecule has 1 saturated heterocycles. The number of para-hydroxylation sites is 1. The van der Waals surface area contributed by atoms with E-state index in [1.54, 1.807) is 0 Å². The summed E-state index contributed by atoms with van der Waals surface area (Å²) in [5.41, 5.74) is -0.421. The van der Waals surface area contributed by atoms with Crippen LogP contribution in [0.5, 0.6) is 5.75 Å². The van der Waals surface area contributed by atoms with E-state index in [9.17, 15) is 4.79 Å². The summed E-state index contributed by atoms with van der Waals surface area (Å²) in [7, 11) is 0. The summed E-state index contributed by atoms with van der Waals surface area (Å²) in [6.07, 6.45) is -0.211. The fourth-order valence-corrected chi connectivity index (χ4v) is 1.34. The maximum absolute atomic E-state index is 11.2. The van der Waals surface area contributed by atoms with Crippen LogP contribution in [0.3, 0.4) is 0 Å². The SMILES string of the molecule is CC1(C)C(=O)N[C@H]1Oc1ccccc1. The third kappa shape index (κ3) is 1.35. The van der Waals surface area contributed by atoms with Crippen LogP contribution in [0.1, 0.15) is 13.8 Å². The topological polar surface area (TPSA) is 38.3 Å². The van der Waals surface area contributed by atoms with Crippen molar-refractivity contribution < 1.29 is 9.53 Å². The average molecular weight is 191 g/mol. The monoisotopic (exact) mass is 191 g/mol. The molecule has 2 rings (SSSR count). The third-order valence-electron chi connectivity index (χ3n) is 2.50. The minimum Gasteiger partial charge on any atom is -0.470 e. The Morgan fingerprint density at radius 2 is 1.93 bits per heavy atom. The molecule has 1 heterocycles. The highest BCUT2D eigenvalue weighted by Crippen LogP contribution is 2.31. The second-order valence-electron chi connectivity index (χ2n) is 4.01. The molecule has 0 spiro atoms. The van der Waals surface area contributed by atoms with Crippen molar-refractivity contribution >= 4 is 5.91 Å². The van der Waals surface area contributed by atoms with Gasteiger partial charge in [0.05, 0.1) is 5.41 Å². The lowest BCUT2D eigenvalue weighted by Crippen LogP contribution is -2.66. The van der Waals surface area contributed by atoms with Crippen molar-refractivity contribution in [2.24, 2.45) is 5.41 Å². The minimum atomic E-state index is -0.421. The summed E-state index contributed by atoms with van der Waals surface area (Å²) in [5, 5.41) is 2.72. The zero-order valence-electron chi connectivity index (χ0n) is 8.28. The van der Waals surface area contributed by atoms with Gasteiger partial charge in [0.1, 0.15) is 5.75 Å². The predicted octanol–water partition coefficient (Wildman–Crippen LogP) is 1.55. The molecule has 1 aromatic rings. The highest BCUT2D eigenvalue weighted by molar-refractivity contribution is 5.88. The lowest BCUT2D eigenvalue weighted by molar-refractivity contribution is -0.155. The normalized spacial score (nSPS) is 23.6. The van der Waals surface area contributed by atoms with E-state index < -0.39 is 5.41 Å². The molecular formula is C11H13NO2. The average Bonchev–Trinajstić information content (AvgIpc) is 2.19. The van der Waals surface area contributed by atoms with Crippen LogP contribution in [0, 0.1) is 5.41 Å². The summed E-state index contributed by atoms with van der Waals surface area (Å²) >= 11 is 0. The van der Waals surface area contributed by atoms with Gasteiger partial charge < -0.3 is 10.1 Å². The number of amides is 1. The highest BCUT2D eigenvalue weighted by Gasteiger charge is 2.49. The van der Waals surface area contributed by atoms with E-state index in [4.69, 9.17) is 4.74 Å². The maximum atomic E-state index is 11.2. The van der Waals surface area contributed by atoms with Crippen LogP contribution in [-0.2, 0) is 4.79 Å². The Balaban J connectivity index is 2.04. The number of rotatable bonds is 2. The molecular weight excluding hydrogens is 178 g/mol. The smallest absolute Gasteiger partial charge is 0.234 e. The predicted molar refractivity (Wildman–Crippen MR) is 52.8 cm³/mol. The lowest BCUT2D eigenvalue weighted by atomic mass is 9.83. The van der Waals surface area contributed by atoms with Crippen LogP contribution in [0.2, 0.25) is 0 Å². The number of carbonyl (C=O) groups excluding carboxylic acids is 1. The molecule has 0 saturated carbocycles. The second-order valence-corrected chi connectivity index (χ2v) is 4.01. The van der Waals surface area contributed by atoms with Gasteiger partial charge in [-0.1, -0.05) is 18.2 Å². The van der Waals surface area contributed by atoms with Gasteiger partial charge in [-0.15, -0.1) is 0 Å². The number of β-lactam (4-membered cyclic amide) rings is 1. The molecule has 0 bridgehead atoms. The molecule has 1 fully saturated rings. The number of carbonyl (C=O) groups is 1. The van der Waals surface area contributed by atoms with Crippen LogP contribution < -0.4 is 10.1 Å². The molecule has 0 radical (unpaired) electrons. The largest absolute Gasteiger partial charge is 0.470 e. The van der Waals surface area contributed by atoms with E-state index in [1.807, 2.05) is 44.2 Å². The molecule has 1 aromatic carbocycles. The van der Waals surface area contributed by atoms with E-state index in [0.717, 1.165) is 5.75 Å². The Kier molecular flexibility index (Phi) is 1.95. The molecule has 74 valence electrons. The molecule has 3 nitrogen and oxygen atoms in total. The number of nitrogens with one attached hydrogen (secondary N) is 1. The van der Waals surface area contributed by atoms with E-state index in [2.05, 4.69) is 5.32 Å². The number of benzene rings is 1. The van der Waals surface area contributed by atoms with E-state index in [1.165, 1.54) is 0 Å². The van der Waals surface area contributed by atoms with E-state index >= 15 is 0 Å². The van der Waals surface area contributed by atoms with Gasteiger partial charge in [-0.3, -0.25) is 4.79 Å². The van der Waals surface area contributed by atoms with Gasteiger partial charge in [-0.05, 0) is 26.0 Å². The van der Waals surface area contributed by atoms with E-state index in [-0.39, 0.29) is 12.1 Å². The van der Waals surface area contributed by atoms with Crippen molar-refractivity contribution in [3.8, 4) is 5.75 Å². The Hall–Kier alpha value is -1.51. The van der Waals surface area contributed by atoms with Gasteiger partial charge in [-0.2, -0.15) is 0 Å². The second kappa shape index (κ2) is 3.01. The molecule has 0 aliphatic carbocycles. The molecule has 1 N–H and O–H groups in total. The third-order valence-corrected chi connectivity index (χ3v) is 2.50. The van der Waals surface area contributed by atoms with E-state index in [0.29, 0.717) is 0 Å². The van der Waals surface area contributed by atoms with Crippen molar-refractivity contribution in [2.75, 3.05) is 0 Å². The quantitative estimate of drug-likeness (QED) is 0.720. The van der Waals surface area contributed by atoms with Gasteiger partial charge in [0.25, 0.3) is 0 Å². The molecule has 1 amide bonds. The summed E-state index contributed by atoms with van der Waals surface area (Å²) in [6.45, 7) is 3.75. The minimum absolute atomic E-state index is 0.0402. The number of ether oxygens (including phenoxy) is 1. The first-order valence-corrected chi connectivity index (χ1v) is 4.63. The lowest BCUT2D eigenvalue weighted by Gasteiger charge is -2.42. The van der Waals surface area contributed by atoms with Crippen LogP contribution in [0.15, 0.2) is 30.3 Å².